The maximum Gasteiger partial charge on any atom is 0.287 e. The average molecular weight is 535 g/mol. The van der Waals surface area contributed by atoms with Gasteiger partial charge in [-0.15, -0.1) is 0 Å². The lowest BCUT2D eigenvalue weighted by Gasteiger charge is -2.39. The standard InChI is InChI=1S/C29H28F2N4O4/c1-17-32-25(39-35-17)19-5-3-18(4-6-19)20-7-8-21-16-23(38-22(21)15-20)24(36)33-28(11-13-29(30,31)14-12-28)26(37)34-27(2)9-10-27/h3-8,15-16H,9-14H2,1-2H3,(H,33,36)(H,34,37). The van der Waals surface area contributed by atoms with Gasteiger partial charge < -0.3 is 19.6 Å². The third-order valence-corrected chi connectivity index (χ3v) is 7.77. The molecule has 2 aliphatic rings. The number of halogens is 2. The van der Waals surface area contributed by atoms with Crippen LogP contribution in [0.5, 0.6) is 0 Å². The van der Waals surface area contributed by atoms with Gasteiger partial charge in [0.1, 0.15) is 11.1 Å². The highest BCUT2D eigenvalue weighted by molar-refractivity contribution is 6.00. The monoisotopic (exact) mass is 534 g/mol. The van der Waals surface area contributed by atoms with E-state index in [1.807, 2.05) is 49.4 Å². The van der Waals surface area contributed by atoms with Crippen LogP contribution in [0.25, 0.3) is 33.6 Å². The summed E-state index contributed by atoms with van der Waals surface area (Å²) in [4.78, 5) is 30.7. The molecular formula is C29H28F2N4O4. The predicted molar refractivity (Wildman–Crippen MR) is 139 cm³/mol. The first-order chi connectivity index (χ1) is 18.5. The second kappa shape index (κ2) is 9.00. The predicted octanol–water partition coefficient (Wildman–Crippen LogP) is 5.80. The molecule has 39 heavy (non-hydrogen) atoms. The summed E-state index contributed by atoms with van der Waals surface area (Å²) in [5, 5.41) is 10.2. The Balaban J connectivity index is 1.22. The number of carbonyl (C=O) groups is 2. The summed E-state index contributed by atoms with van der Waals surface area (Å²) in [7, 11) is 0. The Labute approximate surface area is 223 Å². The molecule has 2 aromatic heterocycles. The summed E-state index contributed by atoms with van der Waals surface area (Å²) in [5.41, 5.74) is 1.34. The zero-order valence-electron chi connectivity index (χ0n) is 21.6. The molecule has 0 saturated heterocycles. The maximum atomic E-state index is 14.0. The minimum atomic E-state index is -2.85. The number of carbonyl (C=O) groups excluding carboxylic acids is 2. The van der Waals surface area contributed by atoms with Gasteiger partial charge >= 0.3 is 0 Å². The first-order valence-electron chi connectivity index (χ1n) is 13.0. The third-order valence-electron chi connectivity index (χ3n) is 7.77. The van der Waals surface area contributed by atoms with Crippen LogP contribution in [0.4, 0.5) is 8.78 Å². The van der Waals surface area contributed by atoms with Crippen LogP contribution in [-0.4, -0.2) is 39.0 Å². The highest BCUT2D eigenvalue weighted by Crippen LogP contribution is 2.41. The third kappa shape index (κ3) is 5.03. The zero-order chi connectivity index (χ0) is 27.4. The molecule has 2 aromatic carbocycles. The van der Waals surface area contributed by atoms with Crippen molar-refractivity contribution in [2.45, 2.75) is 69.4 Å². The number of benzene rings is 2. The Morgan fingerprint density at radius 2 is 1.54 bits per heavy atom. The largest absolute Gasteiger partial charge is 0.451 e. The first kappa shape index (κ1) is 25.2. The van der Waals surface area contributed by atoms with Gasteiger partial charge in [-0.1, -0.05) is 29.4 Å². The van der Waals surface area contributed by atoms with Gasteiger partial charge in [0.2, 0.25) is 11.8 Å². The minimum absolute atomic E-state index is 0.0198. The quantitative estimate of drug-likeness (QED) is 0.323. The number of nitrogens with zero attached hydrogens (tertiary/aromatic N) is 2. The number of furan rings is 1. The highest BCUT2D eigenvalue weighted by atomic mass is 19.3. The molecule has 202 valence electrons. The number of amides is 2. The van der Waals surface area contributed by atoms with Crippen LogP contribution in [0, 0.1) is 6.92 Å². The fourth-order valence-corrected chi connectivity index (χ4v) is 4.98. The second-order valence-electron chi connectivity index (χ2n) is 11.0. The molecule has 0 radical (unpaired) electrons. The van der Waals surface area contributed by atoms with Gasteiger partial charge in [-0.25, -0.2) is 8.78 Å². The molecule has 6 rings (SSSR count). The van der Waals surface area contributed by atoms with Crippen molar-refractivity contribution < 1.29 is 27.3 Å². The molecule has 0 atom stereocenters. The van der Waals surface area contributed by atoms with Gasteiger partial charge in [-0.2, -0.15) is 4.98 Å². The van der Waals surface area contributed by atoms with Crippen LogP contribution in [0.15, 0.2) is 57.5 Å². The molecule has 2 fully saturated rings. The van der Waals surface area contributed by atoms with E-state index in [2.05, 4.69) is 20.8 Å². The topological polar surface area (TPSA) is 110 Å². The van der Waals surface area contributed by atoms with E-state index in [-0.39, 0.29) is 24.1 Å². The summed E-state index contributed by atoms with van der Waals surface area (Å²) in [5.74, 6) is -2.85. The fourth-order valence-electron chi connectivity index (χ4n) is 4.98. The van der Waals surface area contributed by atoms with Crippen LogP contribution in [0.1, 0.15) is 61.8 Å². The van der Waals surface area contributed by atoms with E-state index in [0.29, 0.717) is 22.7 Å². The second-order valence-corrected chi connectivity index (χ2v) is 11.0. The van der Waals surface area contributed by atoms with Crippen molar-refractivity contribution >= 4 is 22.8 Å². The van der Waals surface area contributed by atoms with Crippen molar-refractivity contribution in [3.63, 3.8) is 0 Å². The number of fused-ring (bicyclic) bond motifs is 1. The molecule has 2 heterocycles. The summed E-state index contributed by atoms with van der Waals surface area (Å²) in [6.07, 6.45) is 0.431. The van der Waals surface area contributed by atoms with Gasteiger partial charge in [-0.05, 0) is 74.9 Å². The minimum Gasteiger partial charge on any atom is -0.451 e. The Kier molecular flexibility index (Phi) is 5.82. The maximum absolute atomic E-state index is 14.0. The van der Waals surface area contributed by atoms with E-state index in [9.17, 15) is 18.4 Å². The smallest absolute Gasteiger partial charge is 0.287 e. The summed E-state index contributed by atoms with van der Waals surface area (Å²) in [6.45, 7) is 3.67. The van der Waals surface area contributed by atoms with Crippen molar-refractivity contribution in [1.29, 1.82) is 0 Å². The number of alkyl halides is 2. The molecular weight excluding hydrogens is 506 g/mol. The number of aromatic nitrogens is 2. The lowest BCUT2D eigenvalue weighted by molar-refractivity contribution is -0.133. The lowest BCUT2D eigenvalue weighted by Crippen LogP contribution is -2.62. The van der Waals surface area contributed by atoms with E-state index in [0.717, 1.165) is 29.5 Å². The van der Waals surface area contributed by atoms with E-state index in [1.54, 1.807) is 13.0 Å². The molecule has 0 spiro atoms. The van der Waals surface area contributed by atoms with Gasteiger partial charge in [0.25, 0.3) is 11.8 Å². The number of rotatable bonds is 6. The molecule has 0 bridgehead atoms. The molecule has 2 amide bonds. The Bertz CT molecular complexity index is 1560. The molecule has 4 aromatic rings. The molecule has 0 unspecified atom stereocenters. The molecule has 2 aliphatic carbocycles. The van der Waals surface area contributed by atoms with Crippen molar-refractivity contribution in [3.8, 4) is 22.6 Å². The number of hydrogen-bond donors (Lipinski definition) is 2. The average Bonchev–Trinajstić information content (AvgIpc) is 3.27. The number of nitrogens with one attached hydrogen (secondary N) is 2. The van der Waals surface area contributed by atoms with Gasteiger partial charge in [0.15, 0.2) is 11.6 Å². The van der Waals surface area contributed by atoms with Gasteiger partial charge in [-0.3, -0.25) is 9.59 Å². The first-order valence-corrected chi connectivity index (χ1v) is 13.0. The van der Waals surface area contributed by atoms with Crippen molar-refractivity contribution in [3.05, 3.63) is 60.1 Å². The normalized spacial score (nSPS) is 19.0. The van der Waals surface area contributed by atoms with E-state index in [4.69, 9.17) is 8.94 Å². The summed E-state index contributed by atoms with van der Waals surface area (Å²) >= 11 is 0. The highest BCUT2D eigenvalue weighted by Gasteiger charge is 2.51. The SMILES string of the molecule is Cc1noc(-c2ccc(-c3ccc4cc(C(=O)NC5(C(=O)NC6(C)CC6)CCC(F)(F)CC5)oc4c3)cc2)n1. The van der Waals surface area contributed by atoms with Crippen LogP contribution >= 0.6 is 0 Å². The van der Waals surface area contributed by atoms with E-state index in [1.165, 1.54) is 0 Å². The number of hydrogen-bond acceptors (Lipinski definition) is 6. The van der Waals surface area contributed by atoms with Crippen molar-refractivity contribution in [2.24, 2.45) is 0 Å². The van der Waals surface area contributed by atoms with Crippen molar-refractivity contribution in [2.75, 3.05) is 0 Å². The van der Waals surface area contributed by atoms with Crippen LogP contribution < -0.4 is 10.6 Å². The zero-order valence-corrected chi connectivity index (χ0v) is 21.6. The van der Waals surface area contributed by atoms with Crippen LogP contribution in [0.2, 0.25) is 0 Å². The molecule has 0 aliphatic heterocycles. The lowest BCUT2D eigenvalue weighted by atomic mass is 9.78. The summed E-state index contributed by atoms with van der Waals surface area (Å²) < 4.78 is 39.0. The molecule has 8 nitrogen and oxygen atoms in total. The number of aryl methyl sites for hydroxylation is 1. The Hall–Kier alpha value is -4.08. The summed E-state index contributed by atoms with van der Waals surface area (Å²) in [6, 6.07) is 14.8. The van der Waals surface area contributed by atoms with Crippen molar-refractivity contribution in [1.82, 2.24) is 20.8 Å². The van der Waals surface area contributed by atoms with Crippen LogP contribution in [0.3, 0.4) is 0 Å². The van der Waals surface area contributed by atoms with Gasteiger partial charge in [0, 0.05) is 29.3 Å². The van der Waals surface area contributed by atoms with E-state index >= 15 is 0 Å². The molecule has 2 N–H and O–H groups in total. The van der Waals surface area contributed by atoms with E-state index < -0.39 is 36.1 Å². The Morgan fingerprint density at radius 1 is 0.872 bits per heavy atom. The van der Waals surface area contributed by atoms with Gasteiger partial charge in [0.05, 0.1) is 0 Å². The Morgan fingerprint density at radius 3 is 2.18 bits per heavy atom. The fraction of sp³-hybridized carbons (Fsp3) is 0.379. The van der Waals surface area contributed by atoms with Crippen LogP contribution in [-0.2, 0) is 4.79 Å². The molecule has 10 heteroatoms. The molecule has 2 saturated carbocycles.